The Bertz CT molecular complexity index is 403. The quantitative estimate of drug-likeness (QED) is 0.654. The Morgan fingerprint density at radius 1 is 1.18 bits per heavy atom. The molecule has 1 aromatic carbocycles. The zero-order valence-corrected chi connectivity index (χ0v) is 9.35. The van der Waals surface area contributed by atoms with Gasteiger partial charge in [-0.2, -0.15) is 0 Å². The van der Waals surface area contributed by atoms with Crippen LogP contribution in [0.3, 0.4) is 0 Å². The van der Waals surface area contributed by atoms with Gasteiger partial charge >= 0.3 is 5.97 Å². The molecule has 0 aliphatic carbocycles. The number of amides is 1. The number of carbonyl (C=O) groups excluding carboxylic acids is 1. The molecule has 92 valence electrons. The van der Waals surface area contributed by atoms with Gasteiger partial charge in [0, 0.05) is 13.0 Å². The van der Waals surface area contributed by atoms with Crippen LogP contribution in [-0.2, 0) is 4.79 Å². The van der Waals surface area contributed by atoms with Crippen molar-refractivity contribution in [2.45, 2.75) is 19.3 Å². The number of hydrogen-bond donors (Lipinski definition) is 3. The van der Waals surface area contributed by atoms with Crippen LogP contribution in [0.4, 0.5) is 5.69 Å². The number of benzene rings is 1. The third-order valence-corrected chi connectivity index (χ3v) is 2.24. The summed E-state index contributed by atoms with van der Waals surface area (Å²) in [5.74, 6) is -1.32. The third-order valence-electron chi connectivity index (χ3n) is 2.24. The maximum atomic E-state index is 11.5. The van der Waals surface area contributed by atoms with Crippen molar-refractivity contribution in [2.24, 2.45) is 0 Å². The number of carboxylic acids is 1. The number of nitrogens with one attached hydrogen (secondary N) is 1. The van der Waals surface area contributed by atoms with Crippen LogP contribution < -0.4 is 5.32 Å². The highest BCUT2D eigenvalue weighted by Crippen LogP contribution is 2.15. The second-order valence-electron chi connectivity index (χ2n) is 3.58. The van der Waals surface area contributed by atoms with E-state index in [1.807, 2.05) is 0 Å². The van der Waals surface area contributed by atoms with Crippen molar-refractivity contribution < 1.29 is 19.8 Å². The zero-order chi connectivity index (χ0) is 12.7. The Hall–Kier alpha value is -1.88. The molecule has 5 nitrogen and oxygen atoms in total. The first-order valence-electron chi connectivity index (χ1n) is 5.38. The molecule has 1 aromatic rings. The van der Waals surface area contributed by atoms with Gasteiger partial charge in [0.1, 0.15) is 0 Å². The topological polar surface area (TPSA) is 86.6 Å². The van der Waals surface area contributed by atoms with E-state index in [1.165, 1.54) is 6.07 Å². The van der Waals surface area contributed by atoms with Gasteiger partial charge < -0.3 is 15.5 Å². The van der Waals surface area contributed by atoms with Gasteiger partial charge in [0.2, 0.25) is 5.91 Å². The molecule has 0 aliphatic rings. The molecule has 5 heteroatoms. The van der Waals surface area contributed by atoms with E-state index in [1.54, 1.807) is 18.2 Å². The Labute approximate surface area is 99.1 Å². The highest BCUT2D eigenvalue weighted by atomic mass is 16.4. The summed E-state index contributed by atoms with van der Waals surface area (Å²) in [6.45, 7) is 0.0546. The standard InChI is InChI=1S/C12H15NO4/c14-8-4-3-7-11(15)13-10-6-2-1-5-9(10)12(16)17/h1-2,5-6,14H,3-4,7-8H2,(H,13,15)(H,16,17). The Morgan fingerprint density at radius 2 is 1.88 bits per heavy atom. The molecule has 0 atom stereocenters. The molecule has 3 N–H and O–H groups in total. The highest BCUT2D eigenvalue weighted by molar-refractivity contribution is 6.00. The van der Waals surface area contributed by atoms with E-state index >= 15 is 0 Å². The van der Waals surface area contributed by atoms with E-state index in [4.69, 9.17) is 10.2 Å². The lowest BCUT2D eigenvalue weighted by Crippen LogP contribution is -2.14. The number of rotatable bonds is 6. The van der Waals surface area contributed by atoms with Gasteiger partial charge in [-0.15, -0.1) is 0 Å². The zero-order valence-electron chi connectivity index (χ0n) is 9.35. The van der Waals surface area contributed by atoms with Crippen molar-refractivity contribution in [2.75, 3.05) is 11.9 Å². The summed E-state index contributed by atoms with van der Waals surface area (Å²) in [5.41, 5.74) is 0.372. The molecule has 17 heavy (non-hydrogen) atoms. The molecule has 0 heterocycles. The van der Waals surface area contributed by atoms with E-state index in [9.17, 15) is 9.59 Å². The van der Waals surface area contributed by atoms with E-state index in [0.29, 0.717) is 18.5 Å². The average Bonchev–Trinajstić information content (AvgIpc) is 2.29. The Morgan fingerprint density at radius 3 is 2.53 bits per heavy atom. The summed E-state index contributed by atoms with van der Waals surface area (Å²) in [7, 11) is 0. The lowest BCUT2D eigenvalue weighted by molar-refractivity contribution is -0.116. The minimum Gasteiger partial charge on any atom is -0.478 e. The van der Waals surface area contributed by atoms with E-state index in [0.717, 1.165) is 0 Å². The van der Waals surface area contributed by atoms with Crippen molar-refractivity contribution in [1.82, 2.24) is 0 Å². The first kappa shape index (κ1) is 13.2. The summed E-state index contributed by atoms with van der Waals surface area (Å²) in [6, 6.07) is 6.25. The van der Waals surface area contributed by atoms with Crippen molar-refractivity contribution in [3.63, 3.8) is 0 Å². The number of unbranched alkanes of at least 4 members (excludes halogenated alkanes) is 1. The molecular formula is C12H15NO4. The smallest absolute Gasteiger partial charge is 0.337 e. The fourth-order valence-corrected chi connectivity index (χ4v) is 1.39. The molecule has 0 fully saturated rings. The fraction of sp³-hybridized carbons (Fsp3) is 0.333. The van der Waals surface area contributed by atoms with E-state index < -0.39 is 5.97 Å². The molecule has 0 unspecified atom stereocenters. The van der Waals surface area contributed by atoms with Crippen molar-refractivity contribution >= 4 is 17.6 Å². The number of carbonyl (C=O) groups is 2. The average molecular weight is 237 g/mol. The second-order valence-corrected chi connectivity index (χ2v) is 3.58. The molecule has 0 radical (unpaired) electrons. The van der Waals surface area contributed by atoms with Gasteiger partial charge in [-0.05, 0) is 25.0 Å². The van der Waals surface area contributed by atoms with Crippen LogP contribution in [0.2, 0.25) is 0 Å². The van der Waals surface area contributed by atoms with E-state index in [-0.39, 0.29) is 24.5 Å². The van der Waals surface area contributed by atoms with Gasteiger partial charge in [0.25, 0.3) is 0 Å². The van der Waals surface area contributed by atoms with Crippen LogP contribution in [0.15, 0.2) is 24.3 Å². The maximum Gasteiger partial charge on any atom is 0.337 e. The lowest BCUT2D eigenvalue weighted by Gasteiger charge is -2.07. The minimum atomic E-state index is -1.07. The number of anilines is 1. The molecule has 0 spiro atoms. The van der Waals surface area contributed by atoms with Crippen LogP contribution in [0.5, 0.6) is 0 Å². The summed E-state index contributed by atoms with van der Waals surface area (Å²) in [5, 5.41) is 20.0. The van der Waals surface area contributed by atoms with Crippen LogP contribution in [0.1, 0.15) is 29.6 Å². The predicted molar refractivity (Wildman–Crippen MR) is 63.0 cm³/mol. The van der Waals surface area contributed by atoms with Crippen LogP contribution in [0.25, 0.3) is 0 Å². The summed E-state index contributed by atoms with van der Waals surface area (Å²) in [6.07, 6.45) is 1.42. The molecule has 0 bridgehead atoms. The number of aliphatic hydroxyl groups excluding tert-OH is 1. The minimum absolute atomic E-state index is 0.0546. The summed E-state index contributed by atoms with van der Waals surface area (Å²) >= 11 is 0. The van der Waals surface area contributed by atoms with Crippen LogP contribution in [-0.4, -0.2) is 28.7 Å². The van der Waals surface area contributed by atoms with Gasteiger partial charge in [-0.3, -0.25) is 4.79 Å². The van der Waals surface area contributed by atoms with Crippen molar-refractivity contribution in [1.29, 1.82) is 0 Å². The van der Waals surface area contributed by atoms with Gasteiger partial charge in [0.15, 0.2) is 0 Å². The number of carboxylic acid groups (broad SMARTS) is 1. The predicted octanol–water partition coefficient (Wildman–Crippen LogP) is 1.49. The van der Waals surface area contributed by atoms with E-state index in [2.05, 4.69) is 5.32 Å². The monoisotopic (exact) mass is 237 g/mol. The molecule has 1 rings (SSSR count). The molecule has 1 amide bonds. The third kappa shape index (κ3) is 4.24. The SMILES string of the molecule is O=C(CCCCO)Nc1ccccc1C(=O)O. The summed E-state index contributed by atoms with van der Waals surface area (Å²) in [4.78, 5) is 22.4. The number of aromatic carboxylic acids is 1. The Kier molecular flexibility index (Phi) is 5.16. The second kappa shape index (κ2) is 6.65. The molecule has 0 saturated carbocycles. The highest BCUT2D eigenvalue weighted by Gasteiger charge is 2.11. The molecule has 0 saturated heterocycles. The molecule has 0 aliphatic heterocycles. The first-order valence-corrected chi connectivity index (χ1v) is 5.38. The number of para-hydroxylation sites is 1. The van der Waals surface area contributed by atoms with Crippen LogP contribution >= 0.6 is 0 Å². The van der Waals surface area contributed by atoms with Gasteiger partial charge in [-0.1, -0.05) is 12.1 Å². The number of aliphatic hydroxyl groups is 1. The maximum absolute atomic E-state index is 11.5. The largest absolute Gasteiger partial charge is 0.478 e. The molecule has 0 aromatic heterocycles. The molecular weight excluding hydrogens is 222 g/mol. The van der Waals surface area contributed by atoms with Gasteiger partial charge in [-0.25, -0.2) is 4.79 Å². The Balaban J connectivity index is 2.61. The first-order chi connectivity index (χ1) is 8.15. The van der Waals surface area contributed by atoms with Crippen molar-refractivity contribution in [3.8, 4) is 0 Å². The fourth-order valence-electron chi connectivity index (χ4n) is 1.39. The van der Waals surface area contributed by atoms with Gasteiger partial charge in [0.05, 0.1) is 11.3 Å². The van der Waals surface area contributed by atoms with Crippen LogP contribution in [0, 0.1) is 0 Å². The summed E-state index contributed by atoms with van der Waals surface area (Å²) < 4.78 is 0. The van der Waals surface area contributed by atoms with Crippen molar-refractivity contribution in [3.05, 3.63) is 29.8 Å². The normalized spacial score (nSPS) is 9.94. The lowest BCUT2D eigenvalue weighted by atomic mass is 10.1. The number of hydrogen-bond acceptors (Lipinski definition) is 3.